The van der Waals surface area contributed by atoms with Gasteiger partial charge in [0, 0.05) is 141 Å². The summed E-state index contributed by atoms with van der Waals surface area (Å²) in [5.74, 6) is -2.80. The molecular weight excluding hydrogens is 2170 g/mol. The molecular formula is C93H88Br4Cl5F3MgN11Na3O14S. The van der Waals surface area contributed by atoms with E-state index in [9.17, 15) is 42.4 Å². The van der Waals surface area contributed by atoms with Crippen molar-refractivity contribution in [2.75, 3.05) is 14.2 Å². The molecule has 5 unspecified atom stereocenters. The zero-order chi connectivity index (χ0) is 94.7. The molecule has 42 heteroatoms. The number of benzene rings is 6. The molecule has 25 nitrogen and oxygen atoms in total. The second kappa shape index (κ2) is 70.5. The fraction of sp³-hybridized carbons (Fsp3) is 0.172. The number of rotatable bonds is 14. The molecule has 15 rings (SSSR count). The van der Waals surface area contributed by atoms with E-state index in [0.29, 0.717) is 19.8 Å². The number of ether oxygens (including phenoxy) is 2. The van der Waals surface area contributed by atoms with Crippen molar-refractivity contribution in [3.63, 3.8) is 0 Å². The maximum absolute atomic E-state index is 14.0. The predicted octanol–water partition coefficient (Wildman–Crippen LogP) is 10.1. The first-order valence-electron chi connectivity index (χ1n) is 38.0. The molecule has 6 aromatic carbocycles. The number of Topliss-reactive ketones (excluding diaryl/α,β-unsaturated/α-hetero) is 1. The molecule has 694 valence electrons. The Morgan fingerprint density at radius 2 is 0.763 bits per heavy atom. The van der Waals surface area contributed by atoms with E-state index in [1.165, 1.54) is 38.9 Å². The van der Waals surface area contributed by atoms with Gasteiger partial charge in [0.2, 0.25) is 32.3 Å². The van der Waals surface area contributed by atoms with Gasteiger partial charge in [-0.15, -0.1) is 12.4 Å². The number of fused-ring (bicyclic) bond motifs is 6. The number of hydrogen-bond acceptors (Lipinski definition) is 24. The third-order valence-corrected chi connectivity index (χ3v) is 20.2. The summed E-state index contributed by atoms with van der Waals surface area (Å²) < 4.78 is 60.9. The smallest absolute Gasteiger partial charge is 1.00 e. The molecule has 0 fully saturated rings. The van der Waals surface area contributed by atoms with E-state index in [1.54, 1.807) is 70.1 Å². The molecule has 135 heavy (non-hydrogen) atoms. The number of nitrogens with zero attached hydrogens (tertiary/aromatic N) is 10. The van der Waals surface area contributed by atoms with Crippen molar-refractivity contribution in [1.29, 1.82) is 0 Å². The summed E-state index contributed by atoms with van der Waals surface area (Å²) in [6.07, 6.45) is 16.8. The van der Waals surface area contributed by atoms with Gasteiger partial charge in [-0.25, -0.2) is 25.1 Å². The third kappa shape index (κ3) is 44.9. The standard InChI is InChI=1S/C17H13BrFN3O.C17H12BrFN2O.C13H13NO2.C12H10ClNO.2C12H11NO2.C5H2Br2FN.C3H7.C2H4O2.Cl2OS.2ClH.Mg.H3NO.3Na.H2O.H/c1-10(11-4-5-15-12(7-11)3-2-6-20-15)16(22-23)14-8-13(18)9-21-17(14)19;1-10(16(22)14-8-13(18)9-21-17(14)19)11-4-5-15-12(7-11)3-2-6-20-15;1-9(13(15)16-2)10-5-6-12-11(8-10)4-3-7-14-12;1-8(12(13)15)9-4-5-11-10(7-9)3-2-6-14-11;1-15-12(14)8-9-4-5-11-10(7-9)3-2-6-13-11;1-8(12(14)15)9-4-5-11-10(7-9)3-2-6-13-11;6-3-1-4(7)5(8)9-2-3;1-3-2;1-2(3)4;1-4(2)3;;;;1-2;;;;;/h2-10,23H,1H3;2-10H,1H3;3-9H,1-2H3;2-8H,1H3;2-7H,8H2,1H3;2-8H,1H3,(H,14,15);1-2H;3H,1-2H3;1H3,(H,3,4);;2*1H;;2H,1H2;;;;1H2;/q;;;;;;;-1;;;;;+2;;3*+1;;-1/p-3/b22-16-;;;;;;;;;;;;;;;;;;. The monoisotopic (exact) mass is 2260 g/mol. The number of carbonyl (C=O) groups is 6. The van der Waals surface area contributed by atoms with Crippen molar-refractivity contribution < 1.29 is 184 Å². The van der Waals surface area contributed by atoms with E-state index in [2.05, 4.69) is 146 Å². The molecule has 0 saturated carbocycles. The van der Waals surface area contributed by atoms with E-state index >= 15 is 0 Å². The summed E-state index contributed by atoms with van der Waals surface area (Å²) in [4.78, 5) is 102. The molecule has 0 amide bonds. The topological polar surface area (TPSA) is 406 Å². The Labute approximate surface area is 924 Å². The number of esters is 2. The van der Waals surface area contributed by atoms with Gasteiger partial charge in [-0.3, -0.25) is 53.9 Å². The maximum Gasteiger partial charge on any atom is 2.00 e. The maximum atomic E-state index is 14.0. The van der Waals surface area contributed by atoms with Gasteiger partial charge < -0.3 is 60.6 Å². The Balaban J connectivity index is -0.000000732. The molecule has 6 N–H and O–H groups in total. The Morgan fingerprint density at radius 3 is 1.07 bits per heavy atom. The summed E-state index contributed by atoms with van der Waals surface area (Å²) in [5, 5.41) is 42.7. The normalized spacial score (nSPS) is 10.9. The van der Waals surface area contributed by atoms with Crippen molar-refractivity contribution >= 4 is 247 Å². The van der Waals surface area contributed by atoms with Crippen molar-refractivity contribution in [3.05, 3.63) is 343 Å². The van der Waals surface area contributed by atoms with Crippen LogP contribution < -0.4 is 112 Å². The summed E-state index contributed by atoms with van der Waals surface area (Å²) in [7, 11) is 10.2. The quantitative estimate of drug-likeness (QED) is 0.00904. The SMILES string of the molecule is CC(/C(=N/O)c1cc(Br)cnc1F)c1ccc2ncccc2c1.CC(=O)[O-].CC(C(=O)Cl)c1ccc2ncccc2c1.CC(C(=O)O)c1ccc2ncccc2c1.CC(C(=O)c1cc(Br)cnc1F)c1ccc2ncccc2c1.COC(=O)C(C)c1ccc2ncccc2c1.COC(=O)Cc1ccc2ncccc2c1.C[CH-]C.Cl.Fc1ncc(Br)cc1Br.NO.O=S(Cl)Cl.[Cl-].[H-].[Mg+2].[Na+].[Na+].[Na+].[OH-]. The van der Waals surface area contributed by atoms with Gasteiger partial charge in [0.05, 0.1) is 92.8 Å². The van der Waals surface area contributed by atoms with Crippen LogP contribution in [-0.4, -0.2) is 148 Å². The Kier molecular flexibility index (Phi) is 68.9. The molecule has 15 aromatic rings. The van der Waals surface area contributed by atoms with Gasteiger partial charge in [0.15, 0.2) is 5.78 Å². The van der Waals surface area contributed by atoms with E-state index in [1.807, 2.05) is 216 Å². The fourth-order valence-electron chi connectivity index (χ4n) is 11.4. The van der Waals surface area contributed by atoms with Crippen LogP contribution in [0.5, 0.6) is 0 Å². The molecule has 0 saturated heterocycles. The van der Waals surface area contributed by atoms with Gasteiger partial charge >= 0.3 is 130 Å². The van der Waals surface area contributed by atoms with Crippen LogP contribution in [0.4, 0.5) is 13.2 Å². The summed E-state index contributed by atoms with van der Waals surface area (Å²) in [5.41, 5.74) is 11.2. The molecule has 0 radical (unpaired) electrons. The number of aromatic nitrogens is 9. The summed E-state index contributed by atoms with van der Waals surface area (Å²) >= 11 is 18.0. The Morgan fingerprint density at radius 1 is 0.481 bits per heavy atom. The number of hydrogen-bond donors (Lipinski definition) is 4. The number of pyridine rings is 9. The molecule has 0 aliphatic heterocycles. The van der Waals surface area contributed by atoms with Crippen molar-refractivity contribution in [1.82, 2.24) is 44.9 Å². The average Bonchev–Trinajstić information content (AvgIpc) is 1.13. The molecule has 9 heterocycles. The number of carbonyl (C=O) groups excluding carboxylic acids is 5. The number of methoxy groups -OCH3 is 2. The number of carboxylic acids is 2. The van der Waals surface area contributed by atoms with E-state index in [0.717, 1.165) is 110 Å². The second-order valence-corrected chi connectivity index (χ2v) is 33.3. The van der Waals surface area contributed by atoms with Crippen LogP contribution in [0.1, 0.15) is 136 Å². The molecule has 9 aromatic heterocycles. The number of carboxylic acid groups (broad SMARTS) is 2. The van der Waals surface area contributed by atoms with Crippen molar-refractivity contribution in [3.8, 4) is 0 Å². The van der Waals surface area contributed by atoms with E-state index in [-0.39, 0.29) is 201 Å². The number of nitrogens with two attached hydrogens (primary N) is 1. The van der Waals surface area contributed by atoms with Crippen LogP contribution >= 0.6 is 109 Å². The van der Waals surface area contributed by atoms with Crippen LogP contribution in [0.2, 0.25) is 0 Å². The predicted molar refractivity (Wildman–Crippen MR) is 523 cm³/mol. The van der Waals surface area contributed by atoms with Gasteiger partial charge in [0.1, 0.15) is 0 Å². The first-order valence-corrected chi connectivity index (χ1v) is 44.4. The van der Waals surface area contributed by atoms with Crippen LogP contribution in [0.3, 0.4) is 0 Å². The summed E-state index contributed by atoms with van der Waals surface area (Å²) in [6, 6.07) is 61.8. The van der Waals surface area contributed by atoms with Crippen molar-refractivity contribution in [2.45, 2.75) is 91.4 Å². The zero-order valence-electron chi connectivity index (χ0n) is 76.0. The number of aliphatic carboxylic acids is 2. The third-order valence-electron chi connectivity index (χ3n) is 18.0. The van der Waals surface area contributed by atoms with Gasteiger partial charge in [0.25, 0.3) is 0 Å². The van der Waals surface area contributed by atoms with E-state index in [4.69, 9.17) is 40.8 Å². The Hall–Kier alpha value is -7.12. The fourth-order valence-corrected chi connectivity index (χ4v) is 13.2. The van der Waals surface area contributed by atoms with E-state index < -0.39 is 50.8 Å². The minimum absolute atomic E-state index is 0. The summed E-state index contributed by atoms with van der Waals surface area (Å²) in [6.45, 7) is 13.9. The van der Waals surface area contributed by atoms with Gasteiger partial charge in [-0.2, -0.15) is 27.0 Å². The van der Waals surface area contributed by atoms with Crippen molar-refractivity contribution in [2.24, 2.45) is 11.1 Å². The number of ketones is 1. The average molecular weight is 2260 g/mol. The second-order valence-electron chi connectivity index (χ2n) is 26.8. The zero-order valence-corrected chi connectivity index (χ0v) is 93.4. The number of oxime groups is 1. The molecule has 0 aliphatic carbocycles. The van der Waals surface area contributed by atoms with Gasteiger partial charge in [-0.1, -0.05) is 98.7 Å². The van der Waals surface area contributed by atoms with Crippen LogP contribution in [-0.2, 0) is 49.1 Å². The first kappa shape index (κ1) is 132. The molecule has 0 spiro atoms. The minimum atomic E-state index is -1.67. The van der Waals surface area contributed by atoms with Crippen LogP contribution in [0, 0.1) is 24.3 Å². The van der Waals surface area contributed by atoms with Crippen LogP contribution in [0.15, 0.2) is 279 Å². The first-order chi connectivity index (χ1) is 61.1. The minimum Gasteiger partial charge on any atom is -1.00 e. The number of halogens is 12. The molecule has 0 aliphatic rings. The molecule has 0 bridgehead atoms. The largest absolute Gasteiger partial charge is 2.00 e. The van der Waals surface area contributed by atoms with Gasteiger partial charge in [-0.05, 0) is 257 Å². The van der Waals surface area contributed by atoms with Crippen LogP contribution in [0.25, 0.3) is 65.4 Å². The Bertz CT molecular complexity index is 6250. The molecule has 5 atom stereocenters.